The zero-order valence-electron chi connectivity index (χ0n) is 12.9. The van der Waals surface area contributed by atoms with Crippen molar-refractivity contribution in [3.63, 3.8) is 0 Å². The zero-order chi connectivity index (χ0) is 16.9. The van der Waals surface area contributed by atoms with Crippen LogP contribution >= 0.6 is 32.9 Å². The van der Waals surface area contributed by atoms with E-state index >= 15 is 0 Å². The van der Waals surface area contributed by atoms with Crippen LogP contribution in [-0.2, 0) is 23.0 Å². The monoisotopic (exact) mass is 388 g/mol. The first-order valence-electron chi connectivity index (χ1n) is 7.59. The van der Waals surface area contributed by atoms with Gasteiger partial charge in [-0.05, 0) is 36.1 Å². The van der Waals surface area contributed by atoms with E-state index in [9.17, 15) is 8.42 Å². The summed E-state index contributed by atoms with van der Waals surface area (Å²) in [6.07, 6.45) is 6.71. The van der Waals surface area contributed by atoms with Gasteiger partial charge in [0.05, 0.1) is 4.90 Å². The summed E-state index contributed by atoms with van der Waals surface area (Å²) in [4.78, 5) is 1.28. The summed E-state index contributed by atoms with van der Waals surface area (Å²) in [5.74, 6) is 0. The molecule has 3 nitrogen and oxygen atoms in total. The fraction of sp³-hybridized carbons (Fsp3) is 0.438. The van der Waals surface area contributed by atoms with Crippen molar-refractivity contribution in [2.24, 2.45) is 0 Å². The number of hydrogen-bond donors (Lipinski definition) is 1. The highest BCUT2D eigenvalue weighted by molar-refractivity contribution is 7.85. The van der Waals surface area contributed by atoms with Crippen molar-refractivity contribution in [2.45, 2.75) is 50.3 Å². The van der Waals surface area contributed by atoms with Crippen molar-refractivity contribution in [1.29, 1.82) is 0 Å². The lowest BCUT2D eigenvalue weighted by molar-refractivity contribution is 0.483. The average Bonchev–Trinajstić information content (AvgIpc) is 2.84. The molecule has 1 aromatic carbocycles. The topological polar surface area (TPSA) is 54.4 Å². The summed E-state index contributed by atoms with van der Waals surface area (Å²) in [6, 6.07) is 6.34. The minimum absolute atomic E-state index is 0.0761. The van der Waals surface area contributed by atoms with E-state index in [1.54, 1.807) is 32.8 Å². The van der Waals surface area contributed by atoms with Crippen LogP contribution in [0, 0.1) is 3.82 Å². The highest BCUT2D eigenvalue weighted by Gasteiger charge is 2.12. The van der Waals surface area contributed by atoms with E-state index in [4.69, 9.17) is 16.8 Å². The molecule has 0 aliphatic heterocycles. The lowest BCUT2D eigenvalue weighted by Gasteiger charge is -2.05. The van der Waals surface area contributed by atoms with Gasteiger partial charge in [0.1, 0.15) is 3.82 Å². The van der Waals surface area contributed by atoms with E-state index in [2.05, 4.69) is 6.92 Å². The van der Waals surface area contributed by atoms with Gasteiger partial charge in [-0.15, -0.1) is 0 Å². The van der Waals surface area contributed by atoms with Gasteiger partial charge in [-0.3, -0.25) is 4.55 Å². The third kappa shape index (κ3) is 5.46. The van der Waals surface area contributed by atoms with Crippen LogP contribution in [0.5, 0.6) is 0 Å². The Morgan fingerprint density at radius 1 is 1.09 bits per heavy atom. The first kappa shape index (κ1) is 18.7. The van der Waals surface area contributed by atoms with E-state index in [-0.39, 0.29) is 4.90 Å². The number of aryl methyl sites for hydroxylation is 1. The van der Waals surface area contributed by atoms with Gasteiger partial charge in [-0.2, -0.15) is 8.42 Å². The van der Waals surface area contributed by atoms with Crippen LogP contribution in [0.4, 0.5) is 0 Å². The SMILES string of the molecule is CCCCCCc1ssc(=S)c1Cc1ccc(S(=O)(=O)O)cc1. The van der Waals surface area contributed by atoms with E-state index in [0.29, 0.717) is 6.42 Å². The molecule has 0 bridgehead atoms. The lowest BCUT2D eigenvalue weighted by atomic mass is 10.0. The van der Waals surface area contributed by atoms with Gasteiger partial charge in [-0.25, -0.2) is 0 Å². The van der Waals surface area contributed by atoms with E-state index in [1.807, 2.05) is 0 Å². The van der Waals surface area contributed by atoms with Crippen LogP contribution in [0.25, 0.3) is 0 Å². The fourth-order valence-electron chi connectivity index (χ4n) is 2.36. The molecule has 0 fully saturated rings. The second-order valence-corrected chi connectivity index (χ2v) is 9.78. The van der Waals surface area contributed by atoms with Crippen molar-refractivity contribution in [1.82, 2.24) is 0 Å². The van der Waals surface area contributed by atoms with Crippen LogP contribution in [-0.4, -0.2) is 13.0 Å². The molecular weight excluding hydrogens is 368 g/mol. The van der Waals surface area contributed by atoms with Crippen LogP contribution in [0.3, 0.4) is 0 Å². The summed E-state index contributed by atoms with van der Waals surface area (Å²) in [7, 11) is -0.727. The van der Waals surface area contributed by atoms with Crippen LogP contribution in [0.15, 0.2) is 29.2 Å². The number of benzene rings is 1. The van der Waals surface area contributed by atoms with Crippen LogP contribution in [0.2, 0.25) is 0 Å². The van der Waals surface area contributed by atoms with Gasteiger partial charge < -0.3 is 0 Å². The molecule has 0 saturated carbocycles. The molecule has 0 unspecified atom stereocenters. The lowest BCUT2D eigenvalue weighted by Crippen LogP contribution is -1.98. The van der Waals surface area contributed by atoms with Gasteiger partial charge >= 0.3 is 0 Å². The van der Waals surface area contributed by atoms with Crippen molar-refractivity contribution >= 4 is 43.0 Å². The van der Waals surface area contributed by atoms with E-state index in [0.717, 1.165) is 15.8 Å². The zero-order valence-corrected chi connectivity index (χ0v) is 16.2. The molecule has 23 heavy (non-hydrogen) atoms. The minimum Gasteiger partial charge on any atom is -0.282 e. The number of hydrogen-bond acceptors (Lipinski definition) is 5. The van der Waals surface area contributed by atoms with Gasteiger partial charge in [0.2, 0.25) is 0 Å². The summed E-state index contributed by atoms with van der Waals surface area (Å²) in [6.45, 7) is 2.20. The molecule has 0 radical (unpaired) electrons. The van der Waals surface area contributed by atoms with Crippen LogP contribution < -0.4 is 0 Å². The predicted octanol–water partition coefficient (Wildman–Crippen LogP) is 5.50. The van der Waals surface area contributed by atoms with Gasteiger partial charge in [0.15, 0.2) is 0 Å². The number of rotatable bonds is 8. The summed E-state index contributed by atoms with van der Waals surface area (Å²) in [5, 5.41) is 0. The Morgan fingerprint density at radius 3 is 2.39 bits per heavy atom. The molecule has 1 N–H and O–H groups in total. The molecule has 126 valence electrons. The van der Waals surface area contributed by atoms with Crippen molar-refractivity contribution < 1.29 is 13.0 Å². The molecule has 0 saturated heterocycles. The minimum atomic E-state index is -4.13. The van der Waals surface area contributed by atoms with Gasteiger partial charge in [0.25, 0.3) is 10.1 Å². The smallest absolute Gasteiger partial charge is 0.282 e. The Balaban J connectivity index is 2.10. The molecule has 1 heterocycles. The second-order valence-electron chi connectivity index (χ2n) is 5.46. The molecule has 2 rings (SSSR count). The summed E-state index contributed by atoms with van der Waals surface area (Å²) in [5.41, 5.74) is 2.20. The molecular formula is C16H20O3S4. The van der Waals surface area contributed by atoms with Crippen LogP contribution in [0.1, 0.15) is 48.6 Å². The summed E-state index contributed by atoms with van der Waals surface area (Å²) < 4.78 is 32.1. The molecule has 0 aliphatic carbocycles. The maximum absolute atomic E-state index is 11.1. The molecule has 2 aromatic rings. The quantitative estimate of drug-likeness (QED) is 0.281. The van der Waals surface area contributed by atoms with Crippen molar-refractivity contribution in [2.75, 3.05) is 0 Å². The van der Waals surface area contributed by atoms with Crippen molar-refractivity contribution in [3.05, 3.63) is 44.1 Å². The predicted molar refractivity (Wildman–Crippen MR) is 99.9 cm³/mol. The normalized spacial score (nSPS) is 11.7. The fourth-order valence-corrected chi connectivity index (χ4v) is 5.83. The number of unbranched alkanes of at least 4 members (excludes halogenated alkanes) is 3. The Bertz CT molecular complexity index is 785. The third-order valence-electron chi connectivity index (χ3n) is 3.66. The standard InChI is InChI=1S/C16H20O3S4/c1-2-3-4-5-6-15-14(16(20)22-21-15)11-12-7-9-13(10-8-12)23(17,18)19/h7-10H,2-6,11H2,1H3,(H,17,18,19). The average molecular weight is 389 g/mol. The molecule has 7 heteroatoms. The Morgan fingerprint density at radius 2 is 1.78 bits per heavy atom. The second kappa shape index (κ2) is 8.48. The largest absolute Gasteiger partial charge is 0.294 e. The maximum atomic E-state index is 11.1. The molecule has 1 aromatic heterocycles. The van der Waals surface area contributed by atoms with E-state index < -0.39 is 10.1 Å². The Hall–Kier alpha value is -0.600. The first-order valence-corrected chi connectivity index (χ1v) is 11.6. The summed E-state index contributed by atoms with van der Waals surface area (Å²) >= 11 is 5.45. The van der Waals surface area contributed by atoms with E-state index in [1.165, 1.54) is 48.3 Å². The third-order valence-corrected chi connectivity index (χ3v) is 7.83. The molecule has 0 aliphatic rings. The molecule has 0 amide bonds. The Labute approximate surface area is 150 Å². The first-order chi connectivity index (χ1) is 10.9. The van der Waals surface area contributed by atoms with Crippen molar-refractivity contribution in [3.8, 4) is 0 Å². The van der Waals surface area contributed by atoms with Gasteiger partial charge in [-0.1, -0.05) is 71.2 Å². The maximum Gasteiger partial charge on any atom is 0.294 e. The Kier molecular flexibility index (Phi) is 6.91. The highest BCUT2D eigenvalue weighted by atomic mass is 32.9. The molecule has 0 spiro atoms. The van der Waals surface area contributed by atoms with Gasteiger partial charge in [0, 0.05) is 11.3 Å². The molecule has 0 atom stereocenters. The highest BCUT2D eigenvalue weighted by Crippen LogP contribution is 2.29.